The van der Waals surface area contributed by atoms with Gasteiger partial charge in [-0.15, -0.1) is 0 Å². The molecule has 3 N–H and O–H groups in total. The molecule has 0 aromatic rings. The van der Waals surface area contributed by atoms with E-state index in [1.807, 2.05) is 6.92 Å². The molecule has 0 bridgehead atoms. The highest BCUT2D eigenvalue weighted by molar-refractivity contribution is 5.88. The smallest absolute Gasteiger partial charge is 0.164 e. The van der Waals surface area contributed by atoms with Crippen molar-refractivity contribution >= 4 is 5.78 Å². The van der Waals surface area contributed by atoms with Crippen LogP contribution in [0.4, 0.5) is 0 Å². The van der Waals surface area contributed by atoms with Gasteiger partial charge in [-0.2, -0.15) is 0 Å². The molecule has 148 valence electrons. The fraction of sp³-hybridized carbons (Fsp3) is 0.955. The number of carbonyl (C=O) groups is 1. The van der Waals surface area contributed by atoms with Crippen LogP contribution in [0.15, 0.2) is 0 Å². The Morgan fingerprint density at radius 1 is 1.08 bits per heavy atom. The standard InChI is InChI=1S/C22H36O4/c1-4-18(25)22(26)10-8-16-15-6-5-13-11-14(23)7-9-20(13,2)19(15)17(24)12-21(16,22)3/h13-17,19,23-24,26H,4-12H2,1-3H3/t13-,14-,15+,16+,17+,19-,20+,21+,22+/m1/s1. The zero-order valence-electron chi connectivity index (χ0n) is 16.6. The van der Waals surface area contributed by atoms with Gasteiger partial charge >= 0.3 is 0 Å². The van der Waals surface area contributed by atoms with E-state index in [0.717, 1.165) is 38.5 Å². The van der Waals surface area contributed by atoms with E-state index in [1.165, 1.54) is 0 Å². The Hall–Kier alpha value is -0.450. The first kappa shape index (κ1) is 18.9. The van der Waals surface area contributed by atoms with Gasteiger partial charge in [-0.05, 0) is 80.5 Å². The van der Waals surface area contributed by atoms with Crippen LogP contribution in [-0.2, 0) is 4.79 Å². The largest absolute Gasteiger partial charge is 0.393 e. The Bertz CT molecular complexity index is 591. The maximum absolute atomic E-state index is 12.6. The van der Waals surface area contributed by atoms with E-state index in [0.29, 0.717) is 37.0 Å². The molecule has 0 aromatic heterocycles. The second-order valence-electron chi connectivity index (χ2n) is 10.4. The third-order valence-corrected chi connectivity index (χ3v) is 9.50. The molecule has 0 amide bonds. The summed E-state index contributed by atoms with van der Waals surface area (Å²) >= 11 is 0. The average Bonchev–Trinajstić information content (AvgIpc) is 2.86. The van der Waals surface area contributed by atoms with E-state index in [1.54, 1.807) is 0 Å². The maximum atomic E-state index is 12.6. The second kappa shape index (κ2) is 6.02. The number of fused-ring (bicyclic) bond motifs is 5. The van der Waals surface area contributed by atoms with Gasteiger partial charge < -0.3 is 15.3 Å². The van der Waals surface area contributed by atoms with E-state index < -0.39 is 17.1 Å². The van der Waals surface area contributed by atoms with Crippen molar-refractivity contribution in [3.63, 3.8) is 0 Å². The van der Waals surface area contributed by atoms with Crippen molar-refractivity contribution < 1.29 is 20.1 Å². The lowest BCUT2D eigenvalue weighted by molar-refractivity contribution is -0.201. The predicted octanol–water partition coefficient (Wildman–Crippen LogP) is 3.07. The van der Waals surface area contributed by atoms with Crippen molar-refractivity contribution in [2.75, 3.05) is 0 Å². The predicted molar refractivity (Wildman–Crippen MR) is 99.4 cm³/mol. The van der Waals surface area contributed by atoms with Crippen LogP contribution in [0.1, 0.15) is 78.6 Å². The molecule has 0 radical (unpaired) electrons. The lowest BCUT2D eigenvalue weighted by atomic mass is 9.43. The summed E-state index contributed by atoms with van der Waals surface area (Å²) in [6.45, 7) is 6.24. The number of aliphatic hydroxyl groups is 3. The first-order valence-corrected chi connectivity index (χ1v) is 10.8. The van der Waals surface area contributed by atoms with Crippen LogP contribution in [0.25, 0.3) is 0 Å². The molecule has 0 unspecified atom stereocenters. The summed E-state index contributed by atoms with van der Waals surface area (Å²) in [5.41, 5.74) is -1.69. The number of ketones is 1. The monoisotopic (exact) mass is 364 g/mol. The summed E-state index contributed by atoms with van der Waals surface area (Å²) in [5, 5.41) is 32.8. The summed E-state index contributed by atoms with van der Waals surface area (Å²) in [7, 11) is 0. The maximum Gasteiger partial charge on any atom is 0.164 e. The van der Waals surface area contributed by atoms with Crippen molar-refractivity contribution in [1.29, 1.82) is 0 Å². The Balaban J connectivity index is 1.69. The molecular weight excluding hydrogens is 328 g/mol. The highest BCUT2D eigenvalue weighted by Gasteiger charge is 2.68. The van der Waals surface area contributed by atoms with Crippen LogP contribution >= 0.6 is 0 Å². The number of carbonyl (C=O) groups excluding carboxylic acids is 1. The van der Waals surface area contributed by atoms with Gasteiger partial charge in [-0.1, -0.05) is 20.8 Å². The van der Waals surface area contributed by atoms with Crippen molar-refractivity contribution in [2.45, 2.75) is 96.4 Å². The fourth-order valence-electron chi connectivity index (χ4n) is 8.12. The molecular formula is C22H36O4. The van der Waals surface area contributed by atoms with Crippen LogP contribution in [0.2, 0.25) is 0 Å². The van der Waals surface area contributed by atoms with E-state index in [9.17, 15) is 20.1 Å². The number of hydrogen-bond donors (Lipinski definition) is 3. The van der Waals surface area contributed by atoms with Gasteiger partial charge in [0.05, 0.1) is 12.2 Å². The molecule has 4 aliphatic carbocycles. The van der Waals surface area contributed by atoms with Crippen LogP contribution in [-0.4, -0.2) is 38.9 Å². The van der Waals surface area contributed by atoms with E-state index in [-0.39, 0.29) is 23.2 Å². The highest BCUT2D eigenvalue weighted by Crippen LogP contribution is 2.68. The van der Waals surface area contributed by atoms with Crippen molar-refractivity contribution in [3.05, 3.63) is 0 Å². The van der Waals surface area contributed by atoms with Crippen LogP contribution in [0.3, 0.4) is 0 Å². The van der Waals surface area contributed by atoms with E-state index in [2.05, 4.69) is 13.8 Å². The topological polar surface area (TPSA) is 77.8 Å². The SMILES string of the molecule is CCC(=O)[C@@]1(O)CC[C@H]2[C@@H]3CC[C@@H]4C[C@H](O)CC[C@]4(C)[C@H]3[C@@H](O)C[C@@]21C. The molecule has 4 nitrogen and oxygen atoms in total. The number of rotatable bonds is 2. The summed E-state index contributed by atoms with van der Waals surface area (Å²) < 4.78 is 0. The van der Waals surface area contributed by atoms with Gasteiger partial charge in [0.1, 0.15) is 5.60 Å². The summed E-state index contributed by atoms with van der Waals surface area (Å²) in [6, 6.07) is 0. The average molecular weight is 365 g/mol. The lowest BCUT2D eigenvalue weighted by Gasteiger charge is -2.62. The minimum atomic E-state index is -1.27. The highest BCUT2D eigenvalue weighted by atomic mass is 16.3. The van der Waals surface area contributed by atoms with Gasteiger partial charge in [0.25, 0.3) is 0 Å². The Morgan fingerprint density at radius 2 is 1.81 bits per heavy atom. The van der Waals surface area contributed by atoms with E-state index in [4.69, 9.17) is 0 Å². The number of hydrogen-bond acceptors (Lipinski definition) is 4. The normalized spacial score (nSPS) is 56.4. The minimum absolute atomic E-state index is 0.0474. The van der Waals surface area contributed by atoms with Crippen LogP contribution in [0.5, 0.6) is 0 Å². The molecule has 0 heterocycles. The third kappa shape index (κ3) is 2.28. The van der Waals surface area contributed by atoms with Crippen molar-refractivity contribution in [2.24, 2.45) is 34.5 Å². The molecule has 4 aliphatic rings. The molecule has 0 saturated heterocycles. The van der Waals surface area contributed by atoms with E-state index >= 15 is 0 Å². The fourth-order valence-corrected chi connectivity index (χ4v) is 8.12. The van der Waals surface area contributed by atoms with Crippen LogP contribution in [0, 0.1) is 34.5 Å². The zero-order chi connectivity index (χ0) is 18.9. The molecule has 4 fully saturated rings. The van der Waals surface area contributed by atoms with Crippen molar-refractivity contribution in [3.8, 4) is 0 Å². The van der Waals surface area contributed by atoms with Gasteiger partial charge in [0.15, 0.2) is 5.78 Å². The number of aliphatic hydroxyl groups excluding tert-OH is 2. The van der Waals surface area contributed by atoms with Gasteiger partial charge in [-0.25, -0.2) is 0 Å². The number of Topliss-reactive ketones (excluding diaryl/α,β-unsaturated/α-hetero) is 1. The van der Waals surface area contributed by atoms with Gasteiger partial charge in [0.2, 0.25) is 0 Å². The molecule has 4 rings (SSSR count). The summed E-state index contributed by atoms with van der Waals surface area (Å²) in [5.74, 6) is 1.39. The quantitative estimate of drug-likeness (QED) is 0.704. The first-order chi connectivity index (χ1) is 12.2. The first-order valence-electron chi connectivity index (χ1n) is 10.8. The van der Waals surface area contributed by atoms with Gasteiger partial charge in [0, 0.05) is 11.8 Å². The third-order valence-electron chi connectivity index (χ3n) is 9.50. The lowest BCUT2D eigenvalue weighted by Crippen LogP contribution is -2.63. The molecule has 0 aromatic carbocycles. The molecule has 4 saturated carbocycles. The molecule has 0 spiro atoms. The Morgan fingerprint density at radius 3 is 2.50 bits per heavy atom. The summed E-state index contributed by atoms with van der Waals surface area (Å²) in [6.07, 6.45) is 6.56. The van der Waals surface area contributed by atoms with Crippen LogP contribution < -0.4 is 0 Å². The minimum Gasteiger partial charge on any atom is -0.393 e. The molecule has 0 aliphatic heterocycles. The second-order valence-corrected chi connectivity index (χ2v) is 10.4. The molecule has 26 heavy (non-hydrogen) atoms. The Kier molecular flexibility index (Phi) is 4.38. The molecule has 9 atom stereocenters. The van der Waals surface area contributed by atoms with Gasteiger partial charge in [-0.3, -0.25) is 4.79 Å². The Labute approximate surface area is 157 Å². The zero-order valence-corrected chi connectivity index (χ0v) is 16.6. The molecule has 4 heteroatoms. The summed E-state index contributed by atoms with van der Waals surface area (Å²) in [4.78, 5) is 12.6. The van der Waals surface area contributed by atoms with Crippen molar-refractivity contribution in [1.82, 2.24) is 0 Å².